The minimum absolute atomic E-state index is 0. The smallest absolute Gasteiger partial charge is 0.228 e. The highest BCUT2D eigenvalue weighted by atomic mass is 35.5. The topological polar surface area (TPSA) is 61.9 Å². The molecule has 3 rings (SSSR count). The fourth-order valence-electron chi connectivity index (χ4n) is 3.99. The number of benzene rings is 1. The predicted octanol–water partition coefficient (Wildman–Crippen LogP) is 2.46. The standard InChI is InChI=1S/C20H29N3O3.ClH/c1-3-5-18-17(20(25)22-12-10-21-11-13-22)14-19(24)23(18)15-6-8-16(9-7-15)26-4-2;/h6-9,17-18,21H,3-5,10-14H2,1-2H3;1H/t17-,18+;/m0./s1. The Kier molecular flexibility index (Phi) is 7.92. The van der Waals surface area contributed by atoms with E-state index >= 15 is 0 Å². The Hall–Kier alpha value is -1.79. The van der Waals surface area contributed by atoms with Gasteiger partial charge in [0.05, 0.1) is 12.5 Å². The molecule has 2 atom stereocenters. The highest BCUT2D eigenvalue weighted by molar-refractivity contribution is 6.01. The Labute approximate surface area is 167 Å². The van der Waals surface area contributed by atoms with Crippen molar-refractivity contribution in [3.05, 3.63) is 24.3 Å². The van der Waals surface area contributed by atoms with Crippen molar-refractivity contribution in [2.24, 2.45) is 5.92 Å². The van der Waals surface area contributed by atoms with Crippen LogP contribution in [0.2, 0.25) is 0 Å². The van der Waals surface area contributed by atoms with E-state index in [1.54, 1.807) is 0 Å². The van der Waals surface area contributed by atoms with Crippen LogP contribution in [0, 0.1) is 5.92 Å². The second-order valence-electron chi connectivity index (χ2n) is 6.93. The minimum atomic E-state index is -0.243. The lowest BCUT2D eigenvalue weighted by molar-refractivity contribution is -0.137. The maximum Gasteiger partial charge on any atom is 0.228 e. The summed E-state index contributed by atoms with van der Waals surface area (Å²) in [6.07, 6.45) is 2.08. The van der Waals surface area contributed by atoms with Gasteiger partial charge in [0.15, 0.2) is 0 Å². The summed E-state index contributed by atoms with van der Waals surface area (Å²) in [5, 5.41) is 3.27. The van der Waals surface area contributed by atoms with Crippen LogP contribution in [0.5, 0.6) is 5.75 Å². The van der Waals surface area contributed by atoms with Crippen LogP contribution in [-0.2, 0) is 9.59 Å². The number of nitrogens with one attached hydrogen (secondary N) is 1. The average molecular weight is 396 g/mol. The summed E-state index contributed by atoms with van der Waals surface area (Å²) >= 11 is 0. The Morgan fingerprint density at radius 2 is 1.85 bits per heavy atom. The molecule has 2 saturated heterocycles. The molecule has 0 aliphatic carbocycles. The Morgan fingerprint density at radius 3 is 2.44 bits per heavy atom. The van der Waals surface area contributed by atoms with Crippen molar-refractivity contribution in [2.75, 3.05) is 37.7 Å². The number of carbonyl (C=O) groups excluding carboxylic acids is 2. The second kappa shape index (κ2) is 9.95. The van der Waals surface area contributed by atoms with Crippen LogP contribution in [-0.4, -0.2) is 55.5 Å². The number of nitrogens with zero attached hydrogens (tertiary/aromatic N) is 2. The Morgan fingerprint density at radius 1 is 1.19 bits per heavy atom. The first-order valence-electron chi connectivity index (χ1n) is 9.70. The molecule has 7 heteroatoms. The van der Waals surface area contributed by atoms with Gasteiger partial charge >= 0.3 is 0 Å². The zero-order chi connectivity index (χ0) is 18.5. The SMILES string of the molecule is CCC[C@@H]1[C@@H](C(=O)N2CCNCC2)CC(=O)N1c1ccc(OCC)cc1.Cl. The highest BCUT2D eigenvalue weighted by Gasteiger charge is 2.45. The van der Waals surface area contributed by atoms with Gasteiger partial charge in [0.25, 0.3) is 0 Å². The van der Waals surface area contributed by atoms with Gasteiger partial charge in [-0.25, -0.2) is 0 Å². The van der Waals surface area contributed by atoms with Gasteiger partial charge < -0.3 is 19.9 Å². The molecule has 2 aliphatic heterocycles. The summed E-state index contributed by atoms with van der Waals surface area (Å²) in [7, 11) is 0. The molecule has 0 radical (unpaired) electrons. The van der Waals surface area contributed by atoms with Gasteiger partial charge in [0.1, 0.15) is 5.75 Å². The lowest BCUT2D eigenvalue weighted by Crippen LogP contribution is -2.50. The average Bonchev–Trinajstić information content (AvgIpc) is 2.99. The van der Waals surface area contributed by atoms with E-state index < -0.39 is 0 Å². The van der Waals surface area contributed by atoms with E-state index in [1.165, 1.54) is 0 Å². The number of piperazine rings is 1. The molecule has 1 aromatic rings. The molecule has 2 aliphatic rings. The monoisotopic (exact) mass is 395 g/mol. The maximum absolute atomic E-state index is 13.0. The van der Waals surface area contributed by atoms with Crippen LogP contribution in [0.4, 0.5) is 5.69 Å². The number of ether oxygens (including phenoxy) is 1. The summed E-state index contributed by atoms with van der Waals surface area (Å²) < 4.78 is 5.49. The number of anilines is 1. The van der Waals surface area contributed by atoms with Gasteiger partial charge in [0.2, 0.25) is 11.8 Å². The second-order valence-corrected chi connectivity index (χ2v) is 6.93. The van der Waals surface area contributed by atoms with E-state index in [4.69, 9.17) is 4.74 Å². The largest absolute Gasteiger partial charge is 0.494 e. The molecule has 6 nitrogen and oxygen atoms in total. The molecular formula is C20H30ClN3O3. The molecule has 0 aromatic heterocycles. The van der Waals surface area contributed by atoms with Crippen LogP contribution < -0.4 is 15.0 Å². The molecule has 2 fully saturated rings. The van der Waals surface area contributed by atoms with Gasteiger partial charge in [-0.1, -0.05) is 13.3 Å². The van der Waals surface area contributed by atoms with Crippen molar-refractivity contribution >= 4 is 29.9 Å². The molecule has 0 bridgehead atoms. The molecule has 0 spiro atoms. The van der Waals surface area contributed by atoms with Gasteiger partial charge in [0, 0.05) is 44.3 Å². The minimum Gasteiger partial charge on any atom is -0.494 e. The maximum atomic E-state index is 13.0. The Bertz CT molecular complexity index is 632. The number of halogens is 1. The Balaban J connectivity index is 0.00000261. The molecule has 2 heterocycles. The zero-order valence-corrected chi connectivity index (χ0v) is 17.0. The molecule has 0 saturated carbocycles. The third-order valence-corrected chi connectivity index (χ3v) is 5.22. The van der Waals surface area contributed by atoms with Crippen molar-refractivity contribution in [3.8, 4) is 5.75 Å². The first-order chi connectivity index (χ1) is 12.7. The molecule has 27 heavy (non-hydrogen) atoms. The van der Waals surface area contributed by atoms with Crippen LogP contribution in [0.1, 0.15) is 33.1 Å². The van der Waals surface area contributed by atoms with Crippen molar-refractivity contribution in [1.29, 1.82) is 0 Å². The first-order valence-corrected chi connectivity index (χ1v) is 9.70. The number of rotatable bonds is 6. The number of amides is 2. The van der Waals surface area contributed by atoms with Crippen LogP contribution in [0.3, 0.4) is 0 Å². The number of hydrogen-bond donors (Lipinski definition) is 1. The molecule has 2 amide bonds. The quantitative estimate of drug-likeness (QED) is 0.803. The number of hydrogen-bond acceptors (Lipinski definition) is 4. The summed E-state index contributed by atoms with van der Waals surface area (Å²) in [6, 6.07) is 7.56. The van der Waals surface area contributed by atoms with Gasteiger partial charge in [-0.05, 0) is 37.6 Å². The molecule has 1 N–H and O–H groups in total. The first kappa shape index (κ1) is 21.5. The van der Waals surface area contributed by atoms with E-state index in [-0.39, 0.29) is 36.2 Å². The van der Waals surface area contributed by atoms with E-state index in [0.29, 0.717) is 13.0 Å². The summed E-state index contributed by atoms with van der Waals surface area (Å²) in [5.41, 5.74) is 0.854. The van der Waals surface area contributed by atoms with Gasteiger partial charge in [-0.15, -0.1) is 12.4 Å². The third kappa shape index (κ3) is 4.74. The molecule has 0 unspecified atom stereocenters. The fraction of sp³-hybridized carbons (Fsp3) is 0.600. The van der Waals surface area contributed by atoms with Crippen molar-refractivity contribution in [3.63, 3.8) is 0 Å². The summed E-state index contributed by atoms with van der Waals surface area (Å²) in [5.74, 6) is 0.725. The number of carbonyl (C=O) groups is 2. The van der Waals surface area contributed by atoms with Crippen molar-refractivity contribution in [1.82, 2.24) is 10.2 Å². The summed E-state index contributed by atoms with van der Waals surface area (Å²) in [4.78, 5) is 29.6. The molecule has 150 valence electrons. The van der Waals surface area contributed by atoms with Crippen molar-refractivity contribution < 1.29 is 14.3 Å². The normalized spacial score (nSPS) is 22.5. The van der Waals surface area contributed by atoms with Crippen LogP contribution >= 0.6 is 12.4 Å². The van der Waals surface area contributed by atoms with E-state index in [2.05, 4.69) is 12.2 Å². The highest BCUT2D eigenvalue weighted by Crippen LogP contribution is 2.35. The molecule has 1 aromatic carbocycles. The molecular weight excluding hydrogens is 366 g/mol. The fourth-order valence-corrected chi connectivity index (χ4v) is 3.99. The van der Waals surface area contributed by atoms with E-state index in [9.17, 15) is 9.59 Å². The lowest BCUT2D eigenvalue weighted by Gasteiger charge is -2.33. The summed E-state index contributed by atoms with van der Waals surface area (Å²) in [6.45, 7) is 7.77. The lowest BCUT2D eigenvalue weighted by atomic mass is 9.94. The third-order valence-electron chi connectivity index (χ3n) is 5.22. The van der Waals surface area contributed by atoms with Crippen LogP contribution in [0.15, 0.2) is 24.3 Å². The van der Waals surface area contributed by atoms with Gasteiger partial charge in [-0.2, -0.15) is 0 Å². The van der Waals surface area contributed by atoms with E-state index in [0.717, 1.165) is 50.5 Å². The zero-order valence-electron chi connectivity index (χ0n) is 16.1. The van der Waals surface area contributed by atoms with E-state index in [1.807, 2.05) is 41.0 Å². The van der Waals surface area contributed by atoms with Gasteiger partial charge in [-0.3, -0.25) is 9.59 Å². The predicted molar refractivity (Wildman–Crippen MR) is 109 cm³/mol. The van der Waals surface area contributed by atoms with Crippen molar-refractivity contribution in [2.45, 2.75) is 39.2 Å². The van der Waals surface area contributed by atoms with Crippen LogP contribution in [0.25, 0.3) is 0 Å².